The molecule has 0 saturated heterocycles. The predicted octanol–water partition coefficient (Wildman–Crippen LogP) is 2.50. The number of phenols is 1. The van der Waals surface area contributed by atoms with E-state index in [9.17, 15) is 0 Å². The van der Waals surface area contributed by atoms with Crippen LogP contribution in [0.2, 0.25) is 10.0 Å². The van der Waals surface area contributed by atoms with Gasteiger partial charge in [0.15, 0.2) is 0 Å². The highest BCUT2D eigenvalue weighted by Gasteiger charge is 1.99. The number of halogens is 2. The maximum Gasteiger partial charge on any atom is 0.135 e. The van der Waals surface area contributed by atoms with Gasteiger partial charge in [-0.05, 0) is 12.1 Å². The average Bonchev–Trinajstić information content (AvgIpc) is 1.83. The zero-order chi connectivity index (χ0) is 6.85. The zero-order valence-corrected chi connectivity index (χ0v) is 5.87. The molecule has 0 aromatic heterocycles. The van der Waals surface area contributed by atoms with Crippen LogP contribution in [-0.4, -0.2) is 5.11 Å². The van der Waals surface area contributed by atoms with E-state index in [0.717, 1.165) is 0 Å². The summed E-state index contributed by atoms with van der Waals surface area (Å²) in [6.45, 7) is 0. The largest absolute Gasteiger partial charge is 0.506 e. The van der Waals surface area contributed by atoms with Crippen molar-refractivity contribution in [1.82, 2.24) is 0 Å². The van der Waals surface area contributed by atoms with Gasteiger partial charge in [-0.3, -0.25) is 0 Å². The molecule has 0 bridgehead atoms. The van der Waals surface area contributed by atoms with E-state index in [1.54, 1.807) is 0 Å². The molecule has 1 rings (SSSR count). The molecule has 0 aliphatic heterocycles. The van der Waals surface area contributed by atoms with Gasteiger partial charge < -0.3 is 5.11 Å². The molecule has 1 aromatic carbocycles. The van der Waals surface area contributed by atoms with Crippen LogP contribution in [0, 0.1) is 6.07 Å². The summed E-state index contributed by atoms with van der Waals surface area (Å²) < 4.78 is 0. The normalized spacial score (nSPS) is 9.56. The molecule has 9 heavy (non-hydrogen) atoms. The van der Waals surface area contributed by atoms with Gasteiger partial charge in [0.1, 0.15) is 10.8 Å². The van der Waals surface area contributed by atoms with Crippen molar-refractivity contribution in [2.24, 2.45) is 0 Å². The summed E-state index contributed by atoms with van der Waals surface area (Å²) in [6.07, 6.45) is 0. The molecule has 0 spiro atoms. The number of rotatable bonds is 0. The number of hydrogen-bond donors (Lipinski definition) is 1. The highest BCUT2D eigenvalue weighted by Crippen LogP contribution is 2.29. The Labute approximate surface area is 62.8 Å². The van der Waals surface area contributed by atoms with Gasteiger partial charge in [0.25, 0.3) is 0 Å². The monoisotopic (exact) mass is 161 g/mol. The highest BCUT2D eigenvalue weighted by molar-refractivity contribution is 6.42. The molecule has 0 aliphatic carbocycles. The summed E-state index contributed by atoms with van der Waals surface area (Å²) in [5, 5.41) is 9.26. The predicted molar refractivity (Wildman–Crippen MR) is 37.0 cm³/mol. The van der Waals surface area contributed by atoms with Crippen molar-refractivity contribution in [3.8, 4) is 5.75 Å². The minimum Gasteiger partial charge on any atom is -0.506 e. The molecule has 0 amide bonds. The third-order valence-electron chi connectivity index (χ3n) is 0.869. The Kier molecular flexibility index (Phi) is 1.84. The number of hydrogen-bond acceptors (Lipinski definition) is 1. The molecule has 1 aromatic rings. The number of phenolic OH excluding ortho intramolecular Hbond substituents is 1. The molecular formula is C6H3Cl2O. The summed E-state index contributed by atoms with van der Waals surface area (Å²) >= 11 is 10.9. The van der Waals surface area contributed by atoms with Crippen LogP contribution in [0.5, 0.6) is 5.75 Å². The highest BCUT2D eigenvalue weighted by atomic mass is 35.5. The van der Waals surface area contributed by atoms with Crippen molar-refractivity contribution in [3.63, 3.8) is 0 Å². The lowest BCUT2D eigenvalue weighted by Crippen LogP contribution is -1.68. The standard InChI is InChI=1S/C6H3Cl2O/c7-4-2-1-3-5(9)6(4)8/h1,3,9H. The Morgan fingerprint density at radius 1 is 1.44 bits per heavy atom. The Bertz CT molecular complexity index is 202. The van der Waals surface area contributed by atoms with Gasteiger partial charge in [-0.2, -0.15) is 0 Å². The van der Waals surface area contributed by atoms with Gasteiger partial charge in [-0.15, -0.1) is 0 Å². The first kappa shape index (κ1) is 6.72. The second kappa shape index (κ2) is 2.46. The van der Waals surface area contributed by atoms with Crippen LogP contribution in [0.15, 0.2) is 12.1 Å². The van der Waals surface area contributed by atoms with E-state index in [1.807, 2.05) is 0 Å². The van der Waals surface area contributed by atoms with Gasteiger partial charge in [0.05, 0.1) is 5.02 Å². The van der Waals surface area contributed by atoms with Crippen molar-refractivity contribution in [2.75, 3.05) is 0 Å². The van der Waals surface area contributed by atoms with E-state index in [0.29, 0.717) is 0 Å². The van der Waals surface area contributed by atoms with Gasteiger partial charge in [0.2, 0.25) is 0 Å². The molecule has 1 radical (unpaired) electrons. The average molecular weight is 162 g/mol. The summed E-state index contributed by atoms with van der Waals surface area (Å²) in [6, 6.07) is 5.54. The quantitative estimate of drug-likeness (QED) is 0.621. The van der Waals surface area contributed by atoms with Crippen LogP contribution >= 0.6 is 23.2 Å². The van der Waals surface area contributed by atoms with Crippen molar-refractivity contribution in [2.45, 2.75) is 0 Å². The molecule has 3 heteroatoms. The molecule has 1 N–H and O–H groups in total. The van der Waals surface area contributed by atoms with Crippen molar-refractivity contribution >= 4 is 23.2 Å². The fraction of sp³-hybridized carbons (Fsp3) is 0. The maximum absolute atomic E-state index is 8.86. The first-order valence-corrected chi connectivity index (χ1v) is 3.02. The molecular weight excluding hydrogens is 159 g/mol. The third-order valence-corrected chi connectivity index (χ3v) is 1.65. The molecule has 0 saturated carbocycles. The topological polar surface area (TPSA) is 20.2 Å². The Hall–Kier alpha value is -0.400. The molecule has 0 atom stereocenters. The first-order valence-electron chi connectivity index (χ1n) is 2.26. The summed E-state index contributed by atoms with van der Waals surface area (Å²) in [7, 11) is 0. The van der Waals surface area contributed by atoms with E-state index in [1.165, 1.54) is 12.1 Å². The lowest BCUT2D eigenvalue weighted by atomic mass is 10.3. The minimum absolute atomic E-state index is 0.0135. The third kappa shape index (κ3) is 1.29. The minimum atomic E-state index is -0.0135. The van der Waals surface area contributed by atoms with E-state index < -0.39 is 0 Å². The van der Waals surface area contributed by atoms with Crippen LogP contribution in [0.4, 0.5) is 0 Å². The van der Waals surface area contributed by atoms with Crippen LogP contribution in [0.3, 0.4) is 0 Å². The number of benzene rings is 1. The van der Waals surface area contributed by atoms with Crippen LogP contribution in [0.25, 0.3) is 0 Å². The fourth-order valence-corrected chi connectivity index (χ4v) is 0.720. The van der Waals surface area contributed by atoms with E-state index in [-0.39, 0.29) is 15.8 Å². The van der Waals surface area contributed by atoms with E-state index in [4.69, 9.17) is 28.3 Å². The van der Waals surface area contributed by atoms with Crippen LogP contribution < -0.4 is 0 Å². The van der Waals surface area contributed by atoms with E-state index >= 15 is 0 Å². The smallest absolute Gasteiger partial charge is 0.135 e. The van der Waals surface area contributed by atoms with Gasteiger partial charge >= 0.3 is 0 Å². The molecule has 0 unspecified atom stereocenters. The molecule has 0 aliphatic rings. The zero-order valence-electron chi connectivity index (χ0n) is 4.36. The second-order valence-electron chi connectivity index (χ2n) is 1.49. The number of aromatic hydroxyl groups is 1. The first-order chi connectivity index (χ1) is 4.22. The summed E-state index contributed by atoms with van der Waals surface area (Å²) in [5.41, 5.74) is 0. The second-order valence-corrected chi connectivity index (χ2v) is 2.25. The van der Waals surface area contributed by atoms with Gasteiger partial charge in [0, 0.05) is 6.07 Å². The van der Waals surface area contributed by atoms with E-state index in [2.05, 4.69) is 6.07 Å². The molecule has 0 fully saturated rings. The Morgan fingerprint density at radius 2 is 2.11 bits per heavy atom. The maximum atomic E-state index is 8.86. The molecule has 0 heterocycles. The van der Waals surface area contributed by atoms with Gasteiger partial charge in [-0.25, -0.2) is 0 Å². The molecule has 47 valence electrons. The lowest BCUT2D eigenvalue weighted by Gasteiger charge is -1.94. The molecule has 1 nitrogen and oxygen atoms in total. The van der Waals surface area contributed by atoms with Crippen molar-refractivity contribution in [3.05, 3.63) is 28.2 Å². The Morgan fingerprint density at radius 3 is 2.56 bits per heavy atom. The van der Waals surface area contributed by atoms with Crippen LogP contribution in [0.1, 0.15) is 0 Å². The SMILES string of the molecule is Oc1cc[c]c(Cl)c1Cl. The van der Waals surface area contributed by atoms with Crippen molar-refractivity contribution in [1.29, 1.82) is 0 Å². The lowest BCUT2D eigenvalue weighted by molar-refractivity contribution is 0.475. The summed E-state index contributed by atoms with van der Waals surface area (Å²) in [4.78, 5) is 0. The van der Waals surface area contributed by atoms with Crippen LogP contribution in [-0.2, 0) is 0 Å². The summed E-state index contributed by atoms with van der Waals surface area (Å²) in [5.74, 6) is -0.0135. The van der Waals surface area contributed by atoms with Crippen molar-refractivity contribution < 1.29 is 5.11 Å². The van der Waals surface area contributed by atoms with Gasteiger partial charge in [-0.1, -0.05) is 23.2 Å². The fourth-order valence-electron chi connectivity index (χ4n) is 0.443. The Balaban J connectivity index is 3.25.